The number of anilines is 3. The highest BCUT2D eigenvalue weighted by Gasteiger charge is 2.23. The van der Waals surface area contributed by atoms with Crippen LogP contribution in [0.1, 0.15) is 58.3 Å². The van der Waals surface area contributed by atoms with E-state index in [0.29, 0.717) is 23.0 Å². The van der Waals surface area contributed by atoms with Gasteiger partial charge in [-0.15, -0.1) is 0 Å². The molecular formula is C20H32N6S. The van der Waals surface area contributed by atoms with E-state index < -0.39 is 0 Å². The molecule has 27 heavy (non-hydrogen) atoms. The molecule has 0 aromatic carbocycles. The third-order valence-corrected chi connectivity index (χ3v) is 5.97. The summed E-state index contributed by atoms with van der Waals surface area (Å²) in [7, 11) is 0. The summed E-state index contributed by atoms with van der Waals surface area (Å²) in [5.74, 6) is 3.41. The second kappa shape index (κ2) is 8.59. The minimum Gasteiger partial charge on any atom is -0.360 e. The first-order valence-corrected chi connectivity index (χ1v) is 11.0. The van der Waals surface area contributed by atoms with E-state index >= 15 is 0 Å². The Morgan fingerprint density at radius 3 is 2.30 bits per heavy atom. The molecule has 3 fully saturated rings. The number of nitrogens with zero attached hydrogens (tertiary/aromatic N) is 4. The lowest BCUT2D eigenvalue weighted by atomic mass is 10.0. The zero-order valence-corrected chi connectivity index (χ0v) is 17.2. The van der Waals surface area contributed by atoms with Crippen LogP contribution in [0.25, 0.3) is 0 Å². The minimum atomic E-state index is 0.529. The van der Waals surface area contributed by atoms with Crippen LogP contribution in [-0.4, -0.2) is 47.3 Å². The predicted octanol–water partition coefficient (Wildman–Crippen LogP) is 3.54. The average molecular weight is 389 g/mol. The minimum absolute atomic E-state index is 0.529. The van der Waals surface area contributed by atoms with Gasteiger partial charge in [-0.1, -0.05) is 19.8 Å². The van der Waals surface area contributed by atoms with Crippen LogP contribution in [0.2, 0.25) is 0 Å². The Morgan fingerprint density at radius 1 is 0.963 bits per heavy atom. The summed E-state index contributed by atoms with van der Waals surface area (Å²) in [6.45, 7) is 6.64. The zero-order chi connectivity index (χ0) is 18.6. The van der Waals surface area contributed by atoms with Crippen LogP contribution >= 0.6 is 12.2 Å². The van der Waals surface area contributed by atoms with Gasteiger partial charge in [0.25, 0.3) is 0 Å². The molecule has 3 heterocycles. The van der Waals surface area contributed by atoms with Gasteiger partial charge in [0, 0.05) is 38.3 Å². The lowest BCUT2D eigenvalue weighted by Crippen LogP contribution is -2.36. The second-order valence-electron chi connectivity index (χ2n) is 8.38. The van der Waals surface area contributed by atoms with Gasteiger partial charge in [-0.3, -0.25) is 0 Å². The predicted molar refractivity (Wildman–Crippen MR) is 116 cm³/mol. The Bertz CT molecular complexity index is 634. The fraction of sp³-hybridized carbons (Fsp3) is 0.750. The molecule has 3 aliphatic rings. The summed E-state index contributed by atoms with van der Waals surface area (Å²) in [6.07, 6.45) is 10.1. The van der Waals surface area contributed by atoms with Crippen molar-refractivity contribution in [3.05, 3.63) is 6.07 Å². The Kier molecular flexibility index (Phi) is 5.95. The van der Waals surface area contributed by atoms with Crippen LogP contribution in [0.5, 0.6) is 0 Å². The maximum absolute atomic E-state index is 5.46. The van der Waals surface area contributed by atoms with Crippen molar-refractivity contribution in [1.29, 1.82) is 0 Å². The summed E-state index contributed by atoms with van der Waals surface area (Å²) >= 11 is 5.46. The molecule has 2 saturated heterocycles. The van der Waals surface area contributed by atoms with Gasteiger partial charge < -0.3 is 20.4 Å². The van der Waals surface area contributed by atoms with E-state index in [1.807, 2.05) is 0 Å². The molecule has 1 saturated carbocycles. The van der Waals surface area contributed by atoms with Crippen LogP contribution in [0.3, 0.4) is 0 Å². The maximum Gasteiger partial charge on any atom is 0.232 e. The number of aromatic nitrogens is 2. The van der Waals surface area contributed by atoms with E-state index in [4.69, 9.17) is 22.2 Å². The third kappa shape index (κ3) is 5.21. The van der Waals surface area contributed by atoms with Crippen LogP contribution in [0, 0.1) is 5.92 Å². The molecule has 148 valence electrons. The SMILES string of the molecule is C[C@@H]1CCCN(c2cc(N3CCCCCC3)nc(NC(=S)NC3CC3)n2)C1. The summed E-state index contributed by atoms with van der Waals surface area (Å²) < 4.78 is 0. The number of piperidine rings is 1. The molecule has 0 spiro atoms. The Labute approximate surface area is 168 Å². The first-order chi connectivity index (χ1) is 13.2. The highest BCUT2D eigenvalue weighted by molar-refractivity contribution is 7.80. The third-order valence-electron chi connectivity index (χ3n) is 5.75. The summed E-state index contributed by atoms with van der Waals surface area (Å²) in [5.41, 5.74) is 0. The highest BCUT2D eigenvalue weighted by atomic mass is 32.1. The quantitative estimate of drug-likeness (QED) is 0.765. The molecule has 7 heteroatoms. The van der Waals surface area contributed by atoms with E-state index in [0.717, 1.165) is 37.8 Å². The first-order valence-electron chi connectivity index (χ1n) is 10.6. The van der Waals surface area contributed by atoms with Crippen LogP contribution < -0.4 is 20.4 Å². The van der Waals surface area contributed by atoms with Crippen molar-refractivity contribution in [2.75, 3.05) is 41.3 Å². The highest BCUT2D eigenvalue weighted by Crippen LogP contribution is 2.27. The molecule has 0 bridgehead atoms. The first kappa shape index (κ1) is 18.7. The lowest BCUT2D eigenvalue weighted by Gasteiger charge is -2.33. The van der Waals surface area contributed by atoms with Crippen LogP contribution in [0.4, 0.5) is 17.6 Å². The summed E-state index contributed by atoms with van der Waals surface area (Å²) in [6, 6.07) is 2.72. The van der Waals surface area contributed by atoms with Crippen molar-refractivity contribution >= 4 is 34.9 Å². The standard InChI is InChI=1S/C20H32N6S/c1-15-7-6-12-26(14-15)18-13-17(25-10-4-2-3-5-11-25)22-19(23-18)24-20(27)21-16-8-9-16/h13,15-16H,2-12,14H2,1H3,(H2,21,22,23,24,27)/t15-/m1/s1. The zero-order valence-electron chi connectivity index (χ0n) is 16.4. The van der Waals surface area contributed by atoms with E-state index in [1.54, 1.807) is 0 Å². The van der Waals surface area contributed by atoms with Gasteiger partial charge in [0.2, 0.25) is 5.95 Å². The van der Waals surface area contributed by atoms with Crippen molar-refractivity contribution in [3.63, 3.8) is 0 Å². The molecule has 1 aromatic rings. The molecule has 6 nitrogen and oxygen atoms in total. The number of nitrogens with one attached hydrogen (secondary N) is 2. The van der Waals surface area contributed by atoms with E-state index in [1.165, 1.54) is 51.4 Å². The topological polar surface area (TPSA) is 56.3 Å². The molecule has 0 radical (unpaired) electrons. The number of hydrogen-bond donors (Lipinski definition) is 2. The molecule has 4 rings (SSSR count). The fourth-order valence-electron chi connectivity index (χ4n) is 4.05. The van der Waals surface area contributed by atoms with Crippen LogP contribution in [-0.2, 0) is 0 Å². The molecule has 1 aromatic heterocycles. The van der Waals surface area contributed by atoms with Crippen LogP contribution in [0.15, 0.2) is 6.07 Å². The van der Waals surface area contributed by atoms with E-state index in [9.17, 15) is 0 Å². The largest absolute Gasteiger partial charge is 0.360 e. The molecule has 2 N–H and O–H groups in total. The van der Waals surface area contributed by atoms with Gasteiger partial charge in [0.1, 0.15) is 11.6 Å². The number of thiocarbonyl (C=S) groups is 1. The Morgan fingerprint density at radius 2 is 1.63 bits per heavy atom. The lowest BCUT2D eigenvalue weighted by molar-refractivity contribution is 0.444. The van der Waals surface area contributed by atoms with Gasteiger partial charge in [-0.2, -0.15) is 9.97 Å². The normalized spacial score (nSPS) is 23.7. The Hall–Kier alpha value is -1.63. The van der Waals surface area contributed by atoms with E-state index in [2.05, 4.69) is 33.4 Å². The van der Waals surface area contributed by atoms with E-state index in [-0.39, 0.29) is 0 Å². The monoisotopic (exact) mass is 388 g/mol. The molecule has 1 atom stereocenters. The van der Waals surface area contributed by atoms with Crippen molar-refractivity contribution < 1.29 is 0 Å². The summed E-state index contributed by atoms with van der Waals surface area (Å²) in [5, 5.41) is 7.22. The smallest absolute Gasteiger partial charge is 0.232 e. The second-order valence-corrected chi connectivity index (χ2v) is 8.78. The maximum atomic E-state index is 5.46. The fourth-order valence-corrected chi connectivity index (χ4v) is 4.31. The molecule has 1 aliphatic carbocycles. The number of rotatable bonds is 4. The molecule has 0 amide bonds. The molecular weight excluding hydrogens is 356 g/mol. The van der Waals surface area contributed by atoms with Crippen molar-refractivity contribution in [2.24, 2.45) is 5.92 Å². The molecule has 0 unspecified atom stereocenters. The Balaban J connectivity index is 1.57. The van der Waals surface area contributed by atoms with Crippen molar-refractivity contribution in [3.8, 4) is 0 Å². The van der Waals surface area contributed by atoms with Crippen molar-refractivity contribution in [2.45, 2.75) is 64.3 Å². The van der Waals surface area contributed by atoms with Gasteiger partial charge in [-0.05, 0) is 56.7 Å². The molecule has 2 aliphatic heterocycles. The number of hydrogen-bond acceptors (Lipinski definition) is 5. The van der Waals surface area contributed by atoms with Gasteiger partial charge in [0.15, 0.2) is 5.11 Å². The summed E-state index contributed by atoms with van der Waals surface area (Å²) in [4.78, 5) is 14.5. The van der Waals surface area contributed by atoms with Gasteiger partial charge in [-0.25, -0.2) is 0 Å². The van der Waals surface area contributed by atoms with Crippen molar-refractivity contribution in [1.82, 2.24) is 15.3 Å². The average Bonchev–Trinajstić information content (AvgIpc) is 3.48. The van der Waals surface area contributed by atoms with Gasteiger partial charge in [0.05, 0.1) is 0 Å². The van der Waals surface area contributed by atoms with Gasteiger partial charge >= 0.3 is 0 Å².